The molecule has 0 aromatic heterocycles. The summed E-state index contributed by atoms with van der Waals surface area (Å²) in [7, 11) is 0. The van der Waals surface area contributed by atoms with E-state index in [4.69, 9.17) is 49.0 Å². The van der Waals surface area contributed by atoms with Crippen LogP contribution in [0.4, 0.5) is 0 Å². The molecule has 0 spiro atoms. The van der Waals surface area contributed by atoms with Gasteiger partial charge in [-0.2, -0.15) is 0 Å². The molecule has 0 saturated heterocycles. The minimum absolute atomic E-state index is 0.224. The average molecular weight is 390 g/mol. The molecule has 0 fully saturated rings. The fourth-order valence-corrected chi connectivity index (χ4v) is 2.87. The van der Waals surface area contributed by atoms with E-state index in [1.165, 1.54) is 0 Å². The van der Waals surface area contributed by atoms with Crippen molar-refractivity contribution < 1.29 is 19.0 Å². The van der Waals surface area contributed by atoms with E-state index in [9.17, 15) is 4.79 Å². The van der Waals surface area contributed by atoms with Crippen LogP contribution in [0.2, 0.25) is 15.1 Å². The molecular weight excluding hydrogens is 375 g/mol. The number of benzene rings is 2. The van der Waals surface area contributed by atoms with Crippen molar-refractivity contribution in [2.45, 2.75) is 6.92 Å². The zero-order chi connectivity index (χ0) is 17.5. The van der Waals surface area contributed by atoms with Gasteiger partial charge in [0.25, 0.3) is 0 Å². The van der Waals surface area contributed by atoms with E-state index in [1.54, 1.807) is 30.3 Å². The van der Waals surface area contributed by atoms with Crippen molar-refractivity contribution in [2.75, 3.05) is 19.8 Å². The SMILES string of the molecule is CCOc1cc(C=O)ccc1OCCOc1c(Cl)cc(Cl)cc1Cl. The second-order valence-electron chi connectivity index (χ2n) is 4.65. The summed E-state index contributed by atoms with van der Waals surface area (Å²) in [6.45, 7) is 2.79. The van der Waals surface area contributed by atoms with Gasteiger partial charge in [-0.1, -0.05) is 34.8 Å². The number of carbonyl (C=O) groups excluding carboxylic acids is 1. The molecule has 0 saturated carbocycles. The summed E-state index contributed by atoms with van der Waals surface area (Å²) in [5.41, 5.74) is 0.516. The lowest BCUT2D eigenvalue weighted by Gasteiger charge is -2.14. The molecule has 0 aliphatic carbocycles. The zero-order valence-electron chi connectivity index (χ0n) is 12.9. The number of ether oxygens (including phenoxy) is 3. The number of aldehydes is 1. The molecule has 4 nitrogen and oxygen atoms in total. The second-order valence-corrected chi connectivity index (χ2v) is 5.90. The Morgan fingerprint density at radius 3 is 2.21 bits per heavy atom. The van der Waals surface area contributed by atoms with E-state index in [0.717, 1.165) is 6.29 Å². The van der Waals surface area contributed by atoms with Crippen molar-refractivity contribution in [3.8, 4) is 17.2 Å². The summed E-state index contributed by atoms with van der Waals surface area (Å²) in [5.74, 6) is 1.39. The van der Waals surface area contributed by atoms with Crippen molar-refractivity contribution in [2.24, 2.45) is 0 Å². The van der Waals surface area contributed by atoms with Gasteiger partial charge in [-0.25, -0.2) is 0 Å². The molecule has 0 heterocycles. The third-order valence-corrected chi connectivity index (χ3v) is 3.73. The van der Waals surface area contributed by atoms with Crippen LogP contribution in [0.1, 0.15) is 17.3 Å². The molecule has 0 aliphatic heterocycles. The van der Waals surface area contributed by atoms with Gasteiger partial charge >= 0.3 is 0 Å². The topological polar surface area (TPSA) is 44.8 Å². The summed E-state index contributed by atoms with van der Waals surface area (Å²) in [6.07, 6.45) is 0.750. The Hall–Kier alpha value is -1.62. The molecule has 0 amide bonds. The largest absolute Gasteiger partial charge is 0.490 e. The van der Waals surface area contributed by atoms with Gasteiger partial charge in [-0.3, -0.25) is 4.79 Å². The molecule has 7 heteroatoms. The minimum Gasteiger partial charge on any atom is -0.490 e. The molecule has 2 rings (SSSR count). The van der Waals surface area contributed by atoms with Gasteiger partial charge in [-0.15, -0.1) is 0 Å². The van der Waals surface area contributed by atoms with Gasteiger partial charge in [0.1, 0.15) is 19.5 Å². The molecule has 0 N–H and O–H groups in total. The van der Waals surface area contributed by atoms with Crippen LogP contribution in [-0.4, -0.2) is 26.1 Å². The van der Waals surface area contributed by atoms with Crippen LogP contribution in [0.15, 0.2) is 30.3 Å². The molecular formula is C17H15Cl3O4. The molecule has 0 bridgehead atoms. The van der Waals surface area contributed by atoms with Crippen LogP contribution in [0.3, 0.4) is 0 Å². The predicted molar refractivity (Wildman–Crippen MR) is 95.5 cm³/mol. The quantitative estimate of drug-likeness (QED) is 0.453. The Morgan fingerprint density at radius 1 is 0.917 bits per heavy atom. The van der Waals surface area contributed by atoms with Crippen LogP contribution in [0.5, 0.6) is 17.2 Å². The van der Waals surface area contributed by atoms with E-state index in [0.29, 0.717) is 44.5 Å². The lowest BCUT2D eigenvalue weighted by atomic mass is 10.2. The standard InChI is InChI=1S/C17H15Cl3O4/c1-2-22-16-7-11(10-21)3-4-15(16)23-5-6-24-17-13(19)8-12(18)9-14(17)20/h3-4,7-10H,2,5-6H2,1H3. The highest BCUT2D eigenvalue weighted by molar-refractivity contribution is 6.40. The predicted octanol–water partition coefficient (Wildman–Crippen LogP) is 5.32. The van der Waals surface area contributed by atoms with Gasteiger partial charge in [0.15, 0.2) is 17.2 Å². The van der Waals surface area contributed by atoms with E-state index >= 15 is 0 Å². The summed E-state index contributed by atoms with van der Waals surface area (Å²) >= 11 is 17.9. The fourth-order valence-electron chi connectivity index (χ4n) is 1.95. The maximum absolute atomic E-state index is 10.8. The summed E-state index contributed by atoms with van der Waals surface area (Å²) in [5, 5.41) is 1.10. The number of hydrogen-bond donors (Lipinski definition) is 0. The van der Waals surface area contributed by atoms with Crippen LogP contribution in [0, 0.1) is 0 Å². The molecule has 128 valence electrons. The van der Waals surface area contributed by atoms with E-state index in [-0.39, 0.29) is 13.2 Å². The van der Waals surface area contributed by atoms with E-state index in [1.807, 2.05) is 6.92 Å². The minimum atomic E-state index is 0.224. The van der Waals surface area contributed by atoms with Crippen molar-refractivity contribution in [1.29, 1.82) is 0 Å². The first-order valence-corrected chi connectivity index (χ1v) is 8.30. The number of carbonyl (C=O) groups is 1. The Labute approximate surface area is 155 Å². The number of hydrogen-bond acceptors (Lipinski definition) is 4. The summed E-state index contributed by atoms with van der Waals surface area (Å²) in [4.78, 5) is 10.8. The molecule has 24 heavy (non-hydrogen) atoms. The molecule has 2 aromatic carbocycles. The van der Waals surface area contributed by atoms with E-state index in [2.05, 4.69) is 0 Å². The first-order chi connectivity index (χ1) is 11.5. The number of halogens is 3. The highest BCUT2D eigenvalue weighted by atomic mass is 35.5. The van der Waals surface area contributed by atoms with Crippen molar-refractivity contribution in [3.05, 3.63) is 51.0 Å². The molecule has 2 aromatic rings. The molecule has 0 atom stereocenters. The first kappa shape index (κ1) is 18.7. The van der Waals surface area contributed by atoms with Gasteiger partial charge in [0.2, 0.25) is 0 Å². The first-order valence-electron chi connectivity index (χ1n) is 7.17. The fraction of sp³-hybridized carbons (Fsp3) is 0.235. The van der Waals surface area contributed by atoms with Crippen LogP contribution < -0.4 is 14.2 Å². The van der Waals surface area contributed by atoms with Crippen molar-refractivity contribution in [1.82, 2.24) is 0 Å². The molecule has 0 unspecified atom stereocenters. The maximum atomic E-state index is 10.8. The third kappa shape index (κ3) is 4.94. The zero-order valence-corrected chi connectivity index (χ0v) is 15.1. The summed E-state index contributed by atoms with van der Waals surface area (Å²) in [6, 6.07) is 8.06. The Morgan fingerprint density at radius 2 is 1.58 bits per heavy atom. The van der Waals surface area contributed by atoms with Crippen LogP contribution >= 0.6 is 34.8 Å². The summed E-state index contributed by atoms with van der Waals surface area (Å²) < 4.78 is 16.6. The van der Waals surface area contributed by atoms with Gasteiger partial charge in [0, 0.05) is 10.6 Å². The molecule has 0 radical (unpaired) electrons. The maximum Gasteiger partial charge on any atom is 0.161 e. The van der Waals surface area contributed by atoms with Crippen LogP contribution in [-0.2, 0) is 0 Å². The van der Waals surface area contributed by atoms with E-state index < -0.39 is 0 Å². The smallest absolute Gasteiger partial charge is 0.161 e. The van der Waals surface area contributed by atoms with Crippen molar-refractivity contribution in [3.63, 3.8) is 0 Å². The Kier molecular flexibility index (Phi) is 7.03. The van der Waals surface area contributed by atoms with Gasteiger partial charge < -0.3 is 14.2 Å². The number of rotatable bonds is 8. The lowest BCUT2D eigenvalue weighted by Crippen LogP contribution is -2.10. The third-order valence-electron chi connectivity index (χ3n) is 2.95. The normalized spacial score (nSPS) is 10.3. The highest BCUT2D eigenvalue weighted by Crippen LogP contribution is 2.35. The van der Waals surface area contributed by atoms with Gasteiger partial charge in [0.05, 0.1) is 16.7 Å². The Balaban J connectivity index is 1.96. The van der Waals surface area contributed by atoms with Crippen molar-refractivity contribution >= 4 is 41.1 Å². The monoisotopic (exact) mass is 388 g/mol. The lowest BCUT2D eigenvalue weighted by molar-refractivity contribution is 0.112. The Bertz CT molecular complexity index is 696. The van der Waals surface area contributed by atoms with Crippen LogP contribution in [0.25, 0.3) is 0 Å². The molecule has 0 aliphatic rings. The van der Waals surface area contributed by atoms with Gasteiger partial charge in [-0.05, 0) is 37.3 Å². The highest BCUT2D eigenvalue weighted by Gasteiger charge is 2.10. The second kappa shape index (κ2) is 9.02. The average Bonchev–Trinajstić information content (AvgIpc) is 2.54.